The predicted octanol–water partition coefficient (Wildman–Crippen LogP) is 4.18. The maximum atomic E-state index is 14.0. The van der Waals surface area contributed by atoms with Crippen molar-refractivity contribution in [3.8, 4) is 17.1 Å². The van der Waals surface area contributed by atoms with Crippen molar-refractivity contribution in [2.24, 2.45) is 0 Å². The molecule has 0 bridgehead atoms. The molecule has 7 heteroatoms. The summed E-state index contributed by atoms with van der Waals surface area (Å²) in [5.74, 6) is -0.389. The highest BCUT2D eigenvalue weighted by molar-refractivity contribution is 6.33. The summed E-state index contributed by atoms with van der Waals surface area (Å²) in [4.78, 5) is 20.6. The summed E-state index contributed by atoms with van der Waals surface area (Å²) in [6.45, 7) is 2.03. The first-order valence-corrected chi connectivity index (χ1v) is 8.56. The molecule has 0 saturated heterocycles. The molecule has 3 rings (SSSR count). The number of pyridine rings is 2. The van der Waals surface area contributed by atoms with Crippen LogP contribution in [-0.4, -0.2) is 23.0 Å². The van der Waals surface area contributed by atoms with Gasteiger partial charge in [0.15, 0.2) is 0 Å². The van der Waals surface area contributed by atoms with Gasteiger partial charge < -0.3 is 10.1 Å². The second kappa shape index (κ2) is 8.14. The number of methoxy groups -OCH3 is 1. The van der Waals surface area contributed by atoms with Crippen molar-refractivity contribution in [1.82, 2.24) is 15.3 Å². The van der Waals surface area contributed by atoms with E-state index in [4.69, 9.17) is 16.3 Å². The first kappa shape index (κ1) is 18.8. The van der Waals surface area contributed by atoms with E-state index in [0.717, 1.165) is 5.56 Å². The third kappa shape index (κ3) is 4.23. The molecule has 0 spiro atoms. The van der Waals surface area contributed by atoms with Gasteiger partial charge in [-0.25, -0.2) is 9.37 Å². The minimum atomic E-state index is -0.432. The van der Waals surface area contributed by atoms with Crippen molar-refractivity contribution in [1.29, 1.82) is 0 Å². The number of carbonyl (C=O) groups is 1. The van der Waals surface area contributed by atoms with Crippen LogP contribution in [-0.2, 0) is 6.54 Å². The topological polar surface area (TPSA) is 64.1 Å². The zero-order chi connectivity index (χ0) is 19.4. The molecule has 1 aromatic carbocycles. The standard InChI is InChI=1S/C20H17ClFN3O2/c1-12-18(15(21)9-10-23-12)20(26)24-11-13-3-5-14(6-4-13)19-16(22)7-8-17(25-19)27-2/h3-10H,11H2,1-2H3,(H,24,26). The fourth-order valence-electron chi connectivity index (χ4n) is 2.60. The number of nitrogens with one attached hydrogen (secondary N) is 1. The monoisotopic (exact) mass is 385 g/mol. The molecule has 2 heterocycles. The van der Waals surface area contributed by atoms with E-state index < -0.39 is 5.82 Å². The van der Waals surface area contributed by atoms with Gasteiger partial charge in [-0.15, -0.1) is 0 Å². The number of nitrogens with zero attached hydrogens (tertiary/aromatic N) is 2. The Bertz CT molecular complexity index is 957. The van der Waals surface area contributed by atoms with Crippen molar-refractivity contribution in [2.75, 3.05) is 7.11 Å². The van der Waals surface area contributed by atoms with E-state index in [1.807, 2.05) is 0 Å². The Morgan fingerprint density at radius 2 is 1.93 bits per heavy atom. The maximum absolute atomic E-state index is 14.0. The molecular weight excluding hydrogens is 369 g/mol. The molecule has 5 nitrogen and oxygen atoms in total. The van der Waals surface area contributed by atoms with Crippen molar-refractivity contribution in [2.45, 2.75) is 13.5 Å². The van der Waals surface area contributed by atoms with Crippen LogP contribution in [0.2, 0.25) is 5.02 Å². The molecule has 0 aliphatic carbocycles. The van der Waals surface area contributed by atoms with Crippen molar-refractivity contribution in [3.63, 3.8) is 0 Å². The van der Waals surface area contributed by atoms with Crippen molar-refractivity contribution < 1.29 is 13.9 Å². The summed E-state index contributed by atoms with van der Waals surface area (Å²) in [5.41, 5.74) is 2.61. The Balaban J connectivity index is 1.72. The number of halogens is 2. The van der Waals surface area contributed by atoms with E-state index in [1.54, 1.807) is 43.5 Å². The number of carbonyl (C=O) groups excluding carboxylic acids is 1. The van der Waals surface area contributed by atoms with Gasteiger partial charge in [-0.3, -0.25) is 9.78 Å². The second-order valence-corrected chi connectivity index (χ2v) is 6.22. The maximum Gasteiger partial charge on any atom is 0.254 e. The molecule has 0 atom stereocenters. The number of hydrogen-bond acceptors (Lipinski definition) is 4. The van der Waals surface area contributed by atoms with Crippen LogP contribution in [0.25, 0.3) is 11.3 Å². The molecular formula is C20H17ClFN3O2. The van der Waals surface area contributed by atoms with Gasteiger partial charge in [0.2, 0.25) is 5.88 Å². The van der Waals surface area contributed by atoms with Gasteiger partial charge in [0.1, 0.15) is 11.5 Å². The molecule has 0 fully saturated rings. The first-order chi connectivity index (χ1) is 13.0. The zero-order valence-electron chi connectivity index (χ0n) is 14.8. The second-order valence-electron chi connectivity index (χ2n) is 5.82. The third-order valence-electron chi connectivity index (χ3n) is 4.03. The van der Waals surface area contributed by atoms with Crippen molar-refractivity contribution in [3.05, 3.63) is 76.3 Å². The molecule has 0 aliphatic rings. The molecule has 27 heavy (non-hydrogen) atoms. The lowest BCUT2D eigenvalue weighted by Crippen LogP contribution is -2.24. The molecule has 3 aromatic rings. The lowest BCUT2D eigenvalue weighted by Gasteiger charge is -2.10. The fourth-order valence-corrected chi connectivity index (χ4v) is 2.88. The van der Waals surface area contributed by atoms with E-state index in [9.17, 15) is 9.18 Å². The zero-order valence-corrected chi connectivity index (χ0v) is 15.5. The lowest BCUT2D eigenvalue weighted by molar-refractivity contribution is 0.0950. The number of aromatic nitrogens is 2. The number of ether oxygens (including phenoxy) is 1. The van der Waals surface area contributed by atoms with Gasteiger partial charge in [0.05, 0.1) is 23.4 Å². The molecule has 0 unspecified atom stereocenters. The Morgan fingerprint density at radius 1 is 1.19 bits per heavy atom. The van der Waals surface area contributed by atoms with Gasteiger partial charge in [-0.1, -0.05) is 35.9 Å². The normalized spacial score (nSPS) is 10.5. The van der Waals surface area contributed by atoms with Gasteiger partial charge in [0, 0.05) is 24.4 Å². The fraction of sp³-hybridized carbons (Fsp3) is 0.150. The van der Waals surface area contributed by atoms with Crippen LogP contribution >= 0.6 is 11.6 Å². The first-order valence-electron chi connectivity index (χ1n) is 8.18. The van der Waals surface area contributed by atoms with E-state index in [-0.39, 0.29) is 11.6 Å². The molecule has 138 valence electrons. The summed E-state index contributed by atoms with van der Waals surface area (Å²) < 4.78 is 19.1. The number of amides is 1. The van der Waals surface area contributed by atoms with Crippen LogP contribution in [0.1, 0.15) is 21.6 Å². The highest BCUT2D eigenvalue weighted by atomic mass is 35.5. The van der Waals surface area contributed by atoms with Crippen LogP contribution in [0.3, 0.4) is 0 Å². The molecule has 1 N–H and O–H groups in total. The highest BCUT2D eigenvalue weighted by Crippen LogP contribution is 2.24. The average molecular weight is 386 g/mol. The van der Waals surface area contributed by atoms with E-state index in [0.29, 0.717) is 34.3 Å². The van der Waals surface area contributed by atoms with Crippen LogP contribution < -0.4 is 10.1 Å². The number of benzene rings is 1. The van der Waals surface area contributed by atoms with Gasteiger partial charge in [0.25, 0.3) is 5.91 Å². The highest BCUT2D eigenvalue weighted by Gasteiger charge is 2.14. The Kier molecular flexibility index (Phi) is 5.66. The lowest BCUT2D eigenvalue weighted by atomic mass is 10.1. The average Bonchev–Trinajstić information content (AvgIpc) is 2.67. The quantitative estimate of drug-likeness (QED) is 0.715. The minimum absolute atomic E-state index is 0.211. The number of aryl methyl sites for hydroxylation is 1. The Labute approximate surface area is 161 Å². The number of hydrogen-bond donors (Lipinski definition) is 1. The number of rotatable bonds is 5. The van der Waals surface area contributed by atoms with Crippen LogP contribution in [0.15, 0.2) is 48.7 Å². The predicted molar refractivity (Wildman–Crippen MR) is 101 cm³/mol. The summed E-state index contributed by atoms with van der Waals surface area (Å²) in [6.07, 6.45) is 1.55. The summed E-state index contributed by atoms with van der Waals surface area (Å²) >= 11 is 6.08. The summed E-state index contributed by atoms with van der Waals surface area (Å²) in [7, 11) is 1.48. The molecule has 2 aromatic heterocycles. The van der Waals surface area contributed by atoms with E-state index in [1.165, 1.54) is 19.2 Å². The molecule has 0 radical (unpaired) electrons. The van der Waals surface area contributed by atoms with Gasteiger partial charge in [-0.2, -0.15) is 0 Å². The minimum Gasteiger partial charge on any atom is -0.481 e. The Morgan fingerprint density at radius 3 is 2.59 bits per heavy atom. The third-order valence-corrected chi connectivity index (χ3v) is 4.34. The Hall–Kier alpha value is -2.99. The van der Waals surface area contributed by atoms with E-state index in [2.05, 4.69) is 15.3 Å². The van der Waals surface area contributed by atoms with Gasteiger partial charge >= 0.3 is 0 Å². The van der Waals surface area contributed by atoms with Crippen LogP contribution in [0.5, 0.6) is 5.88 Å². The summed E-state index contributed by atoms with van der Waals surface area (Å²) in [6, 6.07) is 11.4. The SMILES string of the molecule is COc1ccc(F)c(-c2ccc(CNC(=O)c3c(Cl)ccnc3C)cc2)n1. The largest absolute Gasteiger partial charge is 0.481 e. The van der Waals surface area contributed by atoms with E-state index >= 15 is 0 Å². The van der Waals surface area contributed by atoms with Crippen molar-refractivity contribution >= 4 is 17.5 Å². The van der Waals surface area contributed by atoms with Crippen LogP contribution in [0.4, 0.5) is 4.39 Å². The summed E-state index contributed by atoms with van der Waals surface area (Å²) in [5, 5.41) is 3.17. The van der Waals surface area contributed by atoms with Crippen LogP contribution in [0, 0.1) is 12.7 Å². The molecule has 1 amide bonds. The molecule has 0 aliphatic heterocycles. The smallest absolute Gasteiger partial charge is 0.254 e. The molecule has 0 saturated carbocycles. The van der Waals surface area contributed by atoms with Gasteiger partial charge in [-0.05, 0) is 24.6 Å².